The van der Waals surface area contributed by atoms with Crippen molar-refractivity contribution in [3.8, 4) is 5.75 Å². The largest absolute Gasteiger partial charge is 0.495 e. The summed E-state index contributed by atoms with van der Waals surface area (Å²) < 4.78 is 11.4. The Morgan fingerprint density at radius 1 is 1.23 bits per heavy atom. The fourth-order valence-electron chi connectivity index (χ4n) is 4.26. The van der Waals surface area contributed by atoms with Crippen molar-refractivity contribution in [3.63, 3.8) is 0 Å². The van der Waals surface area contributed by atoms with Gasteiger partial charge >= 0.3 is 0 Å². The fourth-order valence-corrected chi connectivity index (χ4v) is 4.87. The number of aromatic amines is 1. The van der Waals surface area contributed by atoms with Gasteiger partial charge in [0.2, 0.25) is 11.1 Å². The van der Waals surface area contributed by atoms with Crippen LogP contribution in [0.3, 0.4) is 0 Å². The number of benzene rings is 2. The molecule has 31 heavy (non-hydrogen) atoms. The van der Waals surface area contributed by atoms with E-state index in [1.54, 1.807) is 7.11 Å². The molecule has 4 aromatic rings. The van der Waals surface area contributed by atoms with E-state index in [1.807, 2.05) is 36.4 Å². The standard InChI is InChI=1S/C23H24N4O3S/c1-29-20-11-16-15-8-4-5-9-18(15)30-19(16)12-17(20)24-22(28)13-31-23-25-21(26-27-23)10-14-6-2-3-7-14/h4-5,8-9,11-12,14H,2-3,6-7,10,13H2,1H3,(H,24,28)(H,25,26,27). The number of hydrogen-bond acceptors (Lipinski definition) is 6. The van der Waals surface area contributed by atoms with Crippen molar-refractivity contribution in [1.82, 2.24) is 15.2 Å². The summed E-state index contributed by atoms with van der Waals surface area (Å²) in [6.07, 6.45) is 6.09. The number of methoxy groups -OCH3 is 1. The number of fused-ring (bicyclic) bond motifs is 3. The van der Waals surface area contributed by atoms with E-state index < -0.39 is 0 Å². The van der Waals surface area contributed by atoms with Gasteiger partial charge in [-0.05, 0) is 18.1 Å². The number of anilines is 1. The molecule has 0 bridgehead atoms. The second kappa shape index (κ2) is 8.63. The van der Waals surface area contributed by atoms with Gasteiger partial charge in [0.05, 0.1) is 18.6 Å². The van der Waals surface area contributed by atoms with Crippen LogP contribution in [0, 0.1) is 5.92 Å². The van der Waals surface area contributed by atoms with Gasteiger partial charge in [0.1, 0.15) is 22.7 Å². The van der Waals surface area contributed by atoms with Crippen molar-refractivity contribution in [1.29, 1.82) is 0 Å². The minimum Gasteiger partial charge on any atom is -0.495 e. The monoisotopic (exact) mass is 436 g/mol. The number of rotatable bonds is 7. The summed E-state index contributed by atoms with van der Waals surface area (Å²) in [5, 5.41) is 12.7. The number of ether oxygens (including phenoxy) is 1. The van der Waals surface area contributed by atoms with Gasteiger partial charge in [0, 0.05) is 23.3 Å². The smallest absolute Gasteiger partial charge is 0.234 e. The first-order valence-corrected chi connectivity index (χ1v) is 11.5. The zero-order chi connectivity index (χ0) is 21.2. The normalized spacial score (nSPS) is 14.5. The fraction of sp³-hybridized carbons (Fsp3) is 0.348. The molecule has 1 saturated carbocycles. The van der Waals surface area contributed by atoms with Crippen molar-refractivity contribution < 1.29 is 13.9 Å². The molecular weight excluding hydrogens is 412 g/mol. The highest BCUT2D eigenvalue weighted by molar-refractivity contribution is 7.99. The lowest BCUT2D eigenvalue weighted by molar-refractivity contribution is -0.113. The van der Waals surface area contributed by atoms with Gasteiger partial charge in [-0.2, -0.15) is 0 Å². The summed E-state index contributed by atoms with van der Waals surface area (Å²) in [6.45, 7) is 0. The Balaban J connectivity index is 1.25. The van der Waals surface area contributed by atoms with Crippen LogP contribution in [0.5, 0.6) is 5.75 Å². The summed E-state index contributed by atoms with van der Waals surface area (Å²) in [4.78, 5) is 17.1. The Kier molecular flexibility index (Phi) is 5.55. The maximum Gasteiger partial charge on any atom is 0.234 e. The molecule has 5 rings (SSSR count). The maximum absolute atomic E-state index is 12.6. The van der Waals surface area contributed by atoms with E-state index in [1.165, 1.54) is 37.4 Å². The molecule has 7 nitrogen and oxygen atoms in total. The van der Waals surface area contributed by atoms with Crippen LogP contribution in [-0.2, 0) is 11.2 Å². The molecule has 1 amide bonds. The number of carbonyl (C=O) groups is 1. The first kappa shape index (κ1) is 19.9. The first-order chi connectivity index (χ1) is 15.2. The van der Waals surface area contributed by atoms with Crippen molar-refractivity contribution in [2.45, 2.75) is 37.3 Å². The second-order valence-electron chi connectivity index (χ2n) is 7.90. The Morgan fingerprint density at radius 3 is 2.90 bits per heavy atom. The lowest BCUT2D eigenvalue weighted by Crippen LogP contribution is -2.14. The molecule has 8 heteroatoms. The second-order valence-corrected chi connectivity index (χ2v) is 8.85. The van der Waals surface area contributed by atoms with Crippen LogP contribution in [0.15, 0.2) is 46.0 Å². The van der Waals surface area contributed by atoms with E-state index in [9.17, 15) is 4.79 Å². The highest BCUT2D eigenvalue weighted by Crippen LogP contribution is 2.36. The highest BCUT2D eigenvalue weighted by Gasteiger charge is 2.18. The van der Waals surface area contributed by atoms with Gasteiger partial charge in [-0.3, -0.25) is 9.89 Å². The molecule has 2 aromatic carbocycles. The molecule has 2 aromatic heterocycles. The molecular formula is C23H24N4O3S. The first-order valence-electron chi connectivity index (χ1n) is 10.5. The van der Waals surface area contributed by atoms with Crippen molar-refractivity contribution in [3.05, 3.63) is 42.2 Å². The number of H-pyrrole nitrogens is 1. The zero-order valence-electron chi connectivity index (χ0n) is 17.3. The molecule has 2 heterocycles. The van der Waals surface area contributed by atoms with Gasteiger partial charge in [0.15, 0.2) is 0 Å². The van der Waals surface area contributed by atoms with E-state index in [-0.39, 0.29) is 11.7 Å². The van der Waals surface area contributed by atoms with Gasteiger partial charge in [-0.25, -0.2) is 4.98 Å². The van der Waals surface area contributed by atoms with Crippen LogP contribution in [0.4, 0.5) is 5.69 Å². The Morgan fingerprint density at radius 2 is 2.06 bits per heavy atom. The van der Waals surface area contributed by atoms with E-state index in [0.717, 1.165) is 28.6 Å². The van der Waals surface area contributed by atoms with E-state index in [2.05, 4.69) is 20.5 Å². The third-order valence-corrected chi connectivity index (χ3v) is 6.62. The summed E-state index contributed by atoms with van der Waals surface area (Å²) in [7, 11) is 1.59. The van der Waals surface area contributed by atoms with Gasteiger partial charge in [-0.1, -0.05) is 55.6 Å². The molecule has 1 fully saturated rings. The molecule has 160 valence electrons. The van der Waals surface area contributed by atoms with Crippen molar-refractivity contribution in [2.24, 2.45) is 5.92 Å². The third kappa shape index (κ3) is 4.25. The van der Waals surface area contributed by atoms with Crippen LogP contribution in [-0.4, -0.2) is 34.0 Å². The Hall–Kier alpha value is -3.00. The predicted octanol–water partition coefficient (Wildman–Crippen LogP) is 5.18. The van der Waals surface area contributed by atoms with E-state index in [0.29, 0.717) is 28.1 Å². The molecule has 0 spiro atoms. The molecule has 2 N–H and O–H groups in total. The number of carbonyl (C=O) groups excluding carboxylic acids is 1. The third-order valence-electron chi connectivity index (χ3n) is 5.77. The number of furan rings is 1. The molecule has 1 aliphatic rings. The van der Waals surface area contributed by atoms with Crippen LogP contribution in [0.2, 0.25) is 0 Å². The number of para-hydroxylation sites is 1. The summed E-state index contributed by atoms with van der Waals surface area (Å²) >= 11 is 1.32. The van der Waals surface area contributed by atoms with Gasteiger partial charge in [-0.15, -0.1) is 5.10 Å². The number of nitrogens with one attached hydrogen (secondary N) is 2. The Labute approximate surface area is 183 Å². The van der Waals surface area contributed by atoms with Crippen LogP contribution < -0.4 is 10.1 Å². The van der Waals surface area contributed by atoms with Gasteiger partial charge < -0.3 is 14.5 Å². The van der Waals surface area contributed by atoms with Gasteiger partial charge in [0.25, 0.3) is 0 Å². The maximum atomic E-state index is 12.6. The lowest BCUT2D eigenvalue weighted by atomic mass is 10.0. The molecule has 0 saturated heterocycles. The molecule has 0 atom stereocenters. The summed E-state index contributed by atoms with van der Waals surface area (Å²) in [5.41, 5.74) is 2.09. The average molecular weight is 437 g/mol. The number of aromatic nitrogens is 3. The van der Waals surface area contributed by atoms with Crippen LogP contribution in [0.1, 0.15) is 31.5 Å². The SMILES string of the molecule is COc1cc2c(cc1NC(=O)CSc1n[nH]c(CC3CCCC3)n1)oc1ccccc12. The highest BCUT2D eigenvalue weighted by atomic mass is 32.2. The molecule has 0 unspecified atom stereocenters. The molecule has 0 aliphatic heterocycles. The number of nitrogens with zero attached hydrogens (tertiary/aromatic N) is 2. The number of thioether (sulfide) groups is 1. The Bertz CT molecular complexity index is 1230. The molecule has 1 aliphatic carbocycles. The number of hydrogen-bond donors (Lipinski definition) is 2. The molecule has 0 radical (unpaired) electrons. The average Bonchev–Trinajstić information content (AvgIpc) is 3.52. The van der Waals surface area contributed by atoms with Crippen molar-refractivity contribution >= 4 is 45.3 Å². The quantitative estimate of drug-likeness (QED) is 0.388. The van der Waals surface area contributed by atoms with Crippen molar-refractivity contribution in [2.75, 3.05) is 18.2 Å². The zero-order valence-corrected chi connectivity index (χ0v) is 18.1. The minimum absolute atomic E-state index is 0.152. The lowest BCUT2D eigenvalue weighted by Gasteiger charge is -2.10. The van der Waals surface area contributed by atoms with E-state index >= 15 is 0 Å². The predicted molar refractivity (Wildman–Crippen MR) is 122 cm³/mol. The van der Waals surface area contributed by atoms with Crippen LogP contribution >= 0.6 is 11.8 Å². The minimum atomic E-state index is -0.152. The van der Waals surface area contributed by atoms with E-state index in [4.69, 9.17) is 9.15 Å². The van der Waals surface area contributed by atoms with Crippen LogP contribution in [0.25, 0.3) is 21.9 Å². The summed E-state index contributed by atoms with van der Waals surface area (Å²) in [5.74, 6) is 2.26. The topological polar surface area (TPSA) is 93.0 Å². The summed E-state index contributed by atoms with van der Waals surface area (Å²) in [6, 6.07) is 11.5. The number of amides is 1.